The van der Waals surface area contributed by atoms with Crippen LogP contribution in [0.3, 0.4) is 0 Å². The lowest BCUT2D eigenvalue weighted by molar-refractivity contribution is 1.05. The summed E-state index contributed by atoms with van der Waals surface area (Å²) in [5, 5.41) is 11.3. The zero-order valence-electron chi connectivity index (χ0n) is 39.7. The second-order valence-electron chi connectivity index (χ2n) is 17.7. The van der Waals surface area contributed by atoms with Crippen molar-refractivity contribution < 1.29 is 0 Å². The van der Waals surface area contributed by atoms with Gasteiger partial charge in [-0.05, 0) is 106 Å². The fourth-order valence-electron chi connectivity index (χ4n) is 10.6. The van der Waals surface area contributed by atoms with Crippen molar-refractivity contribution >= 4 is 71.1 Å². The lowest BCUT2D eigenvalue weighted by Crippen LogP contribution is -1.98. The largest absolute Gasteiger partial charge is 0.313 e. The van der Waals surface area contributed by atoms with Crippen molar-refractivity contribution in [1.29, 1.82) is 0 Å². The molecule has 0 radical (unpaired) electrons. The van der Waals surface area contributed by atoms with Crippen LogP contribution in [-0.4, -0.2) is 19.1 Å². The maximum Gasteiger partial charge on any atom is 0.160 e. The quantitative estimate of drug-likeness (QED) is 0.149. The predicted octanol–water partition coefficient (Wildman–Crippen LogP) is 18.0. The van der Waals surface area contributed by atoms with Crippen LogP contribution in [0.25, 0.3) is 128 Å². The highest BCUT2D eigenvalue weighted by Gasteiger charge is 2.19. The molecule has 0 aliphatic heterocycles. The average Bonchev–Trinajstić information content (AvgIpc) is 3.91. The normalized spacial score (nSPS) is 11.7. The Morgan fingerprint density at radius 1 is 0.343 bits per heavy atom. The van der Waals surface area contributed by atoms with E-state index in [2.05, 4.69) is 229 Å². The molecule has 0 N–H and O–H groups in total. The Morgan fingerprint density at radius 2 is 0.786 bits per heavy atom. The number of aromatic nitrogens is 4. The van der Waals surface area contributed by atoms with Crippen LogP contribution in [0, 0.1) is 6.92 Å². The van der Waals surface area contributed by atoms with Gasteiger partial charge in [-0.3, -0.25) is 0 Å². The van der Waals surface area contributed by atoms with Crippen molar-refractivity contribution in [2.45, 2.75) is 27.7 Å². The number of fused-ring (bicyclic) bond motifs is 10. The molecule has 13 rings (SSSR count). The Kier molecular flexibility index (Phi) is 10.7. The fraction of sp³-hybridized carbons (Fsp3) is 0.0606. The predicted molar refractivity (Wildman–Crippen MR) is 298 cm³/mol. The summed E-state index contributed by atoms with van der Waals surface area (Å²) in [4.78, 5) is 10.1. The van der Waals surface area contributed by atoms with E-state index >= 15 is 0 Å². The summed E-state index contributed by atoms with van der Waals surface area (Å²) >= 11 is 0. The standard InChI is InChI=1S/C64H44N4.C2H6/c1-3-16-49-41(2)67(48-33-36-54-52-23-11-10-21-50(52)51-22-12-13-24-53(51)58(54)39-48)62-37-45(29-34-56(49)62)46-30-35-57-55-25-14-15-26-61(55)68(63(57)38-46)47-31-27-43(28-32-47)60-40-59(42-17-6-4-7-18-42)65-64(66-60)44-19-8-5-9-20-44;1-2/h3-40H,1-2H3;1-2H3/b16-3-;. The van der Waals surface area contributed by atoms with E-state index in [0.717, 1.165) is 50.5 Å². The van der Waals surface area contributed by atoms with Gasteiger partial charge in [-0.1, -0.05) is 196 Å². The molecule has 0 aliphatic carbocycles. The minimum Gasteiger partial charge on any atom is -0.313 e. The van der Waals surface area contributed by atoms with E-state index in [1.54, 1.807) is 0 Å². The number of benzene rings is 10. The smallest absolute Gasteiger partial charge is 0.160 e. The van der Waals surface area contributed by atoms with E-state index in [1.807, 2.05) is 38.1 Å². The van der Waals surface area contributed by atoms with Gasteiger partial charge in [0.25, 0.3) is 0 Å². The van der Waals surface area contributed by atoms with Crippen LogP contribution in [-0.2, 0) is 0 Å². The van der Waals surface area contributed by atoms with Gasteiger partial charge in [0.15, 0.2) is 5.82 Å². The van der Waals surface area contributed by atoms with Gasteiger partial charge in [0, 0.05) is 55.5 Å². The van der Waals surface area contributed by atoms with Crippen LogP contribution in [0.5, 0.6) is 0 Å². The molecule has 0 atom stereocenters. The zero-order chi connectivity index (χ0) is 47.3. The van der Waals surface area contributed by atoms with Crippen molar-refractivity contribution in [3.05, 3.63) is 236 Å². The first-order chi connectivity index (χ1) is 34.6. The molecular weight excluding hydrogens is 849 g/mol. The molecule has 3 heterocycles. The second kappa shape index (κ2) is 17.7. The topological polar surface area (TPSA) is 35.6 Å². The molecule has 4 nitrogen and oxygen atoms in total. The van der Waals surface area contributed by atoms with Crippen LogP contribution in [0.1, 0.15) is 32.0 Å². The molecule has 0 saturated heterocycles. The molecule has 0 saturated carbocycles. The van der Waals surface area contributed by atoms with Gasteiger partial charge in [-0.25, -0.2) is 9.97 Å². The van der Waals surface area contributed by atoms with Crippen LogP contribution in [0.15, 0.2) is 224 Å². The molecular formula is C66H50N4. The van der Waals surface area contributed by atoms with Crippen molar-refractivity contribution in [1.82, 2.24) is 19.1 Å². The molecule has 0 spiro atoms. The third-order valence-corrected chi connectivity index (χ3v) is 13.8. The molecule has 0 unspecified atom stereocenters. The lowest BCUT2D eigenvalue weighted by Gasteiger charge is -2.14. The average molecular weight is 899 g/mol. The second-order valence-corrected chi connectivity index (χ2v) is 17.7. The number of allylic oxidation sites excluding steroid dienone is 1. The Bertz CT molecular complexity index is 4050. The third-order valence-electron chi connectivity index (χ3n) is 13.8. The van der Waals surface area contributed by atoms with E-state index < -0.39 is 0 Å². The number of nitrogens with zero attached hydrogens (tertiary/aromatic N) is 4. The van der Waals surface area contributed by atoms with Crippen molar-refractivity contribution in [2.24, 2.45) is 0 Å². The first-order valence-corrected chi connectivity index (χ1v) is 24.4. The number of para-hydroxylation sites is 1. The van der Waals surface area contributed by atoms with E-state index in [1.165, 1.54) is 76.3 Å². The highest BCUT2D eigenvalue weighted by Crippen LogP contribution is 2.41. The van der Waals surface area contributed by atoms with Gasteiger partial charge in [-0.2, -0.15) is 0 Å². The molecule has 334 valence electrons. The molecule has 3 aromatic heterocycles. The molecule has 0 aliphatic rings. The maximum atomic E-state index is 5.11. The first-order valence-electron chi connectivity index (χ1n) is 24.4. The Morgan fingerprint density at radius 3 is 1.40 bits per heavy atom. The Balaban J connectivity index is 0.00000249. The Labute approximate surface area is 408 Å². The van der Waals surface area contributed by atoms with Crippen LogP contribution in [0.4, 0.5) is 0 Å². The summed E-state index contributed by atoms with van der Waals surface area (Å²) in [6.07, 6.45) is 4.40. The molecule has 10 aromatic carbocycles. The number of hydrogen-bond acceptors (Lipinski definition) is 2. The minimum absolute atomic E-state index is 0.708. The highest BCUT2D eigenvalue weighted by molar-refractivity contribution is 6.25. The molecule has 70 heavy (non-hydrogen) atoms. The first kappa shape index (κ1) is 42.5. The SMILES string of the molecule is C/C=C\c1c(C)n(-c2ccc3c4ccccc4c4ccccc4c3c2)c2cc(-c3ccc4c5ccccc5n(-c5ccc(-c6cc(-c7ccccc7)nc(-c7ccccc7)n6)cc5)c4c3)ccc12.CC. The van der Waals surface area contributed by atoms with Crippen molar-refractivity contribution in [2.75, 3.05) is 0 Å². The van der Waals surface area contributed by atoms with Gasteiger partial charge >= 0.3 is 0 Å². The van der Waals surface area contributed by atoms with Crippen molar-refractivity contribution in [3.63, 3.8) is 0 Å². The van der Waals surface area contributed by atoms with E-state index in [9.17, 15) is 0 Å². The molecule has 0 bridgehead atoms. The summed E-state index contributed by atoms with van der Waals surface area (Å²) in [5.41, 5.74) is 15.4. The monoisotopic (exact) mass is 898 g/mol. The van der Waals surface area contributed by atoms with Gasteiger partial charge in [-0.15, -0.1) is 0 Å². The lowest BCUT2D eigenvalue weighted by atomic mass is 9.94. The number of rotatable bonds is 7. The summed E-state index contributed by atoms with van der Waals surface area (Å²) in [6, 6.07) is 78.8. The van der Waals surface area contributed by atoms with Gasteiger partial charge in [0.05, 0.1) is 27.9 Å². The molecule has 0 amide bonds. The van der Waals surface area contributed by atoms with Gasteiger partial charge in [0.2, 0.25) is 0 Å². The third kappa shape index (κ3) is 7.07. The van der Waals surface area contributed by atoms with E-state index in [0.29, 0.717) is 5.82 Å². The van der Waals surface area contributed by atoms with Crippen molar-refractivity contribution in [3.8, 4) is 56.4 Å². The summed E-state index contributed by atoms with van der Waals surface area (Å²) in [6.45, 7) is 8.36. The van der Waals surface area contributed by atoms with Gasteiger partial charge < -0.3 is 9.13 Å². The molecule has 0 fully saturated rings. The summed E-state index contributed by atoms with van der Waals surface area (Å²) in [7, 11) is 0. The molecule has 13 aromatic rings. The minimum atomic E-state index is 0.708. The van der Waals surface area contributed by atoms with E-state index in [-0.39, 0.29) is 0 Å². The Hall–Kier alpha value is -8.86. The number of hydrogen-bond donors (Lipinski definition) is 0. The summed E-state index contributed by atoms with van der Waals surface area (Å²) in [5.74, 6) is 0.708. The highest BCUT2D eigenvalue weighted by atomic mass is 15.0. The fourth-order valence-corrected chi connectivity index (χ4v) is 10.6. The van der Waals surface area contributed by atoms with Gasteiger partial charge in [0.1, 0.15) is 0 Å². The summed E-state index contributed by atoms with van der Waals surface area (Å²) < 4.78 is 4.86. The maximum absolute atomic E-state index is 5.11. The van der Waals surface area contributed by atoms with Crippen LogP contribution in [0.2, 0.25) is 0 Å². The van der Waals surface area contributed by atoms with Crippen LogP contribution < -0.4 is 0 Å². The molecule has 4 heteroatoms. The van der Waals surface area contributed by atoms with E-state index in [4.69, 9.17) is 9.97 Å². The van der Waals surface area contributed by atoms with Crippen LogP contribution >= 0.6 is 0 Å². The zero-order valence-corrected chi connectivity index (χ0v) is 39.7.